The fourth-order valence-electron chi connectivity index (χ4n) is 2.94. The zero-order valence-corrected chi connectivity index (χ0v) is 21.7. The van der Waals surface area contributed by atoms with Gasteiger partial charge in [0.05, 0.1) is 5.25 Å². The van der Waals surface area contributed by atoms with Crippen molar-refractivity contribution in [1.82, 2.24) is 9.80 Å². The number of hydrogen-bond acceptors (Lipinski definition) is 5. The Morgan fingerprint density at radius 3 is 2.23 bits per heavy atom. The monoisotopic (exact) mass is 459 g/mol. The molecule has 0 aromatic heterocycles. The SMILES string of the molecule is CC.CCC(C)SC1CC(=O)N(CCCCCC(=O)N(C)C(C)C(C)C)C1=O.NC=O. The summed E-state index contributed by atoms with van der Waals surface area (Å²) >= 11 is 1.62. The van der Waals surface area contributed by atoms with Crippen LogP contribution in [0.5, 0.6) is 0 Å². The first-order valence-electron chi connectivity index (χ1n) is 11.5. The smallest absolute Gasteiger partial charge is 0.242 e. The number of amides is 4. The van der Waals surface area contributed by atoms with E-state index in [1.165, 1.54) is 4.90 Å². The third-order valence-electron chi connectivity index (χ3n) is 5.42. The summed E-state index contributed by atoms with van der Waals surface area (Å²) in [6, 6.07) is 0.238. The summed E-state index contributed by atoms with van der Waals surface area (Å²) < 4.78 is 0. The van der Waals surface area contributed by atoms with Crippen LogP contribution in [0.25, 0.3) is 0 Å². The molecule has 0 aromatic carbocycles. The third-order valence-corrected chi connectivity index (χ3v) is 6.91. The second kappa shape index (κ2) is 18.0. The summed E-state index contributed by atoms with van der Waals surface area (Å²) in [6.45, 7) is 15.0. The molecule has 1 aliphatic heterocycles. The number of unbranched alkanes of at least 4 members (excludes halogenated alkanes) is 2. The quantitative estimate of drug-likeness (QED) is 0.287. The Kier molecular flexibility index (Phi) is 18.4. The van der Waals surface area contributed by atoms with Gasteiger partial charge in [-0.25, -0.2) is 0 Å². The summed E-state index contributed by atoms with van der Waals surface area (Å²) in [4.78, 5) is 48.5. The van der Waals surface area contributed by atoms with E-state index in [-0.39, 0.29) is 35.4 Å². The van der Waals surface area contributed by atoms with Gasteiger partial charge in [0.1, 0.15) is 0 Å². The van der Waals surface area contributed by atoms with Crippen LogP contribution in [0, 0.1) is 5.92 Å². The van der Waals surface area contributed by atoms with Crippen molar-refractivity contribution in [3.05, 3.63) is 0 Å². The third kappa shape index (κ3) is 12.1. The van der Waals surface area contributed by atoms with Gasteiger partial charge in [-0.15, -0.1) is 11.8 Å². The molecule has 0 aliphatic carbocycles. The van der Waals surface area contributed by atoms with Crippen LogP contribution in [0.3, 0.4) is 0 Å². The van der Waals surface area contributed by atoms with E-state index in [0.29, 0.717) is 30.6 Å². The molecule has 182 valence electrons. The first-order valence-corrected chi connectivity index (χ1v) is 12.5. The molecule has 1 saturated heterocycles. The van der Waals surface area contributed by atoms with E-state index in [2.05, 4.69) is 40.4 Å². The molecule has 0 bridgehead atoms. The second-order valence-electron chi connectivity index (χ2n) is 7.87. The standard InChI is InChI=1S/C20H36N2O3S.C2H6.CH3NO/c1-7-15(4)26-17-13-19(24)22(20(17)25)12-10-8-9-11-18(23)21(6)16(5)14(2)3;1-2;2-1-3/h14-17H,7-13H2,1-6H3;1-2H3;1H,(H2,2,3). The molecule has 2 N–H and O–H groups in total. The Bertz CT molecular complexity index is 543. The summed E-state index contributed by atoms with van der Waals surface area (Å²) in [5.74, 6) is 0.543. The highest BCUT2D eigenvalue weighted by atomic mass is 32.2. The van der Waals surface area contributed by atoms with Crippen molar-refractivity contribution in [2.75, 3.05) is 13.6 Å². The molecule has 4 amide bonds. The maximum atomic E-state index is 12.4. The minimum absolute atomic E-state index is 0.0260. The summed E-state index contributed by atoms with van der Waals surface area (Å²) in [6.07, 6.45) is 4.55. The number of likely N-dealkylation sites (tertiary alicyclic amines) is 1. The lowest BCUT2D eigenvalue weighted by atomic mass is 10.0. The number of hydrogen-bond donors (Lipinski definition) is 1. The van der Waals surface area contributed by atoms with Crippen molar-refractivity contribution in [2.24, 2.45) is 11.7 Å². The Morgan fingerprint density at radius 2 is 1.74 bits per heavy atom. The first kappa shape index (κ1) is 31.6. The molecule has 3 atom stereocenters. The van der Waals surface area contributed by atoms with Crippen LogP contribution in [-0.4, -0.2) is 64.1 Å². The summed E-state index contributed by atoms with van der Waals surface area (Å²) in [7, 11) is 1.86. The molecule has 3 unspecified atom stereocenters. The lowest BCUT2D eigenvalue weighted by Crippen LogP contribution is -2.38. The topological polar surface area (TPSA) is 101 Å². The van der Waals surface area contributed by atoms with E-state index in [0.717, 1.165) is 25.7 Å². The van der Waals surface area contributed by atoms with Crippen LogP contribution < -0.4 is 5.73 Å². The molecule has 1 rings (SSSR count). The van der Waals surface area contributed by atoms with Crippen molar-refractivity contribution in [1.29, 1.82) is 0 Å². The number of rotatable bonds is 11. The van der Waals surface area contributed by atoms with E-state index < -0.39 is 0 Å². The number of carbonyl (C=O) groups excluding carboxylic acids is 4. The van der Waals surface area contributed by atoms with Gasteiger partial charge < -0.3 is 10.6 Å². The number of imide groups is 1. The molecule has 0 radical (unpaired) electrons. The van der Waals surface area contributed by atoms with Gasteiger partial charge in [-0.3, -0.25) is 24.1 Å². The highest BCUT2D eigenvalue weighted by molar-refractivity contribution is 8.01. The Morgan fingerprint density at radius 1 is 1.19 bits per heavy atom. The van der Waals surface area contributed by atoms with E-state index in [1.54, 1.807) is 11.8 Å². The molecule has 7 nitrogen and oxygen atoms in total. The van der Waals surface area contributed by atoms with Crippen molar-refractivity contribution >= 4 is 35.9 Å². The van der Waals surface area contributed by atoms with E-state index >= 15 is 0 Å². The average molecular weight is 460 g/mol. The Balaban J connectivity index is 0. The number of carbonyl (C=O) groups is 4. The molecule has 1 heterocycles. The minimum atomic E-state index is -0.204. The average Bonchev–Trinajstić information content (AvgIpc) is 3.01. The molecule has 0 aromatic rings. The van der Waals surface area contributed by atoms with Crippen molar-refractivity contribution in [3.8, 4) is 0 Å². The molecule has 8 heteroatoms. The molecule has 1 aliphatic rings. The predicted molar refractivity (Wildman–Crippen MR) is 130 cm³/mol. The fraction of sp³-hybridized carbons (Fsp3) is 0.826. The second-order valence-corrected chi connectivity index (χ2v) is 9.51. The highest BCUT2D eigenvalue weighted by Gasteiger charge is 2.38. The van der Waals surface area contributed by atoms with E-state index in [4.69, 9.17) is 4.79 Å². The largest absolute Gasteiger partial charge is 0.372 e. The number of nitrogens with two attached hydrogens (primary N) is 1. The molecule has 31 heavy (non-hydrogen) atoms. The van der Waals surface area contributed by atoms with Crippen LogP contribution in [0.15, 0.2) is 0 Å². The lowest BCUT2D eigenvalue weighted by Gasteiger charge is -2.28. The van der Waals surface area contributed by atoms with Gasteiger partial charge in [-0.1, -0.05) is 48.0 Å². The molecule has 1 fully saturated rings. The molecular formula is C23H45N3O4S. The Hall–Kier alpha value is -1.57. The predicted octanol–water partition coefficient (Wildman–Crippen LogP) is 3.84. The van der Waals surface area contributed by atoms with Crippen LogP contribution in [0.2, 0.25) is 0 Å². The van der Waals surface area contributed by atoms with Crippen LogP contribution in [0.1, 0.15) is 87.0 Å². The van der Waals surface area contributed by atoms with E-state index in [9.17, 15) is 14.4 Å². The maximum Gasteiger partial charge on any atom is 0.242 e. The first-order chi connectivity index (χ1) is 14.6. The van der Waals surface area contributed by atoms with Gasteiger partial charge in [0.25, 0.3) is 0 Å². The molecule has 0 spiro atoms. The zero-order chi connectivity index (χ0) is 24.6. The molecular weight excluding hydrogens is 414 g/mol. The van der Waals surface area contributed by atoms with Crippen molar-refractivity contribution in [3.63, 3.8) is 0 Å². The lowest BCUT2D eigenvalue weighted by molar-refractivity contribution is -0.138. The zero-order valence-electron chi connectivity index (χ0n) is 20.8. The summed E-state index contributed by atoms with van der Waals surface area (Å²) in [5.41, 5.74) is 4.17. The summed E-state index contributed by atoms with van der Waals surface area (Å²) in [5, 5.41) is 0.193. The van der Waals surface area contributed by atoms with Crippen LogP contribution in [-0.2, 0) is 19.2 Å². The fourth-order valence-corrected chi connectivity index (χ4v) is 4.18. The number of thioether (sulfide) groups is 1. The highest BCUT2D eigenvalue weighted by Crippen LogP contribution is 2.29. The van der Waals surface area contributed by atoms with Crippen molar-refractivity contribution < 1.29 is 19.2 Å². The van der Waals surface area contributed by atoms with Gasteiger partial charge in [0.15, 0.2) is 0 Å². The normalized spacial score (nSPS) is 17.3. The van der Waals surface area contributed by atoms with Crippen LogP contribution >= 0.6 is 11.8 Å². The number of primary amides is 1. The Labute approximate surface area is 193 Å². The van der Waals surface area contributed by atoms with Gasteiger partial charge >= 0.3 is 0 Å². The number of nitrogens with zero attached hydrogens (tertiary/aromatic N) is 2. The van der Waals surface area contributed by atoms with E-state index in [1.807, 2.05) is 25.8 Å². The van der Waals surface area contributed by atoms with Crippen molar-refractivity contribution in [2.45, 2.75) is 104 Å². The maximum absolute atomic E-state index is 12.4. The van der Waals surface area contributed by atoms with Crippen LogP contribution in [0.4, 0.5) is 0 Å². The van der Waals surface area contributed by atoms with Gasteiger partial charge in [0, 0.05) is 37.7 Å². The van der Waals surface area contributed by atoms with Gasteiger partial charge in [-0.05, 0) is 32.1 Å². The van der Waals surface area contributed by atoms with Gasteiger partial charge in [0.2, 0.25) is 24.1 Å². The van der Waals surface area contributed by atoms with Gasteiger partial charge in [-0.2, -0.15) is 0 Å². The minimum Gasteiger partial charge on any atom is -0.372 e. The molecule has 0 saturated carbocycles.